The first-order valence-corrected chi connectivity index (χ1v) is 8.57. The Labute approximate surface area is 158 Å². The minimum Gasteiger partial charge on any atom is -0.267 e. The molecular weight excluding hydrogens is 366 g/mol. The molecular formula is C18H13N5O3S. The van der Waals surface area contributed by atoms with Gasteiger partial charge in [-0.2, -0.15) is 5.10 Å². The van der Waals surface area contributed by atoms with Gasteiger partial charge < -0.3 is 0 Å². The molecule has 0 aliphatic heterocycles. The minimum absolute atomic E-state index is 0.0919. The maximum atomic E-state index is 11.9. The van der Waals surface area contributed by atoms with Gasteiger partial charge in [0.25, 0.3) is 11.6 Å². The third kappa shape index (κ3) is 4.95. The summed E-state index contributed by atoms with van der Waals surface area (Å²) in [6.07, 6.45) is 4.48. The van der Waals surface area contributed by atoms with Crippen LogP contribution in [0.25, 0.3) is 0 Å². The van der Waals surface area contributed by atoms with Crippen molar-refractivity contribution in [2.75, 3.05) is 0 Å². The lowest BCUT2D eigenvalue weighted by Gasteiger charge is -2.03. The number of rotatable bonds is 6. The van der Waals surface area contributed by atoms with Crippen molar-refractivity contribution >= 4 is 29.6 Å². The van der Waals surface area contributed by atoms with Crippen molar-refractivity contribution in [2.24, 2.45) is 5.10 Å². The fraction of sp³-hybridized carbons (Fsp3) is 0. The minimum atomic E-state index is -0.481. The third-order valence-electron chi connectivity index (χ3n) is 3.34. The Kier molecular flexibility index (Phi) is 5.85. The van der Waals surface area contributed by atoms with Crippen LogP contribution in [0.4, 0.5) is 5.69 Å². The van der Waals surface area contributed by atoms with E-state index in [1.54, 1.807) is 60.9 Å². The monoisotopic (exact) mass is 379 g/mol. The Bertz CT molecular complexity index is 981. The second kappa shape index (κ2) is 8.68. The smallest absolute Gasteiger partial charge is 0.267 e. The molecule has 2 aromatic carbocycles. The zero-order valence-electron chi connectivity index (χ0n) is 13.9. The van der Waals surface area contributed by atoms with Crippen LogP contribution >= 0.6 is 11.8 Å². The molecule has 0 atom stereocenters. The number of nitro groups is 1. The number of hydrogen-bond donors (Lipinski definition) is 1. The fourth-order valence-corrected chi connectivity index (χ4v) is 2.90. The first-order chi connectivity index (χ1) is 13.1. The van der Waals surface area contributed by atoms with Crippen LogP contribution < -0.4 is 5.43 Å². The Hall–Kier alpha value is -3.59. The molecule has 0 fully saturated rings. The van der Waals surface area contributed by atoms with E-state index in [0.717, 1.165) is 11.8 Å². The van der Waals surface area contributed by atoms with E-state index in [-0.39, 0.29) is 11.6 Å². The molecule has 0 unspecified atom stereocenters. The average Bonchev–Trinajstić information content (AvgIpc) is 2.70. The van der Waals surface area contributed by atoms with Gasteiger partial charge in [-0.25, -0.2) is 15.4 Å². The highest BCUT2D eigenvalue weighted by molar-refractivity contribution is 7.99. The zero-order valence-corrected chi connectivity index (χ0v) is 14.7. The number of carbonyl (C=O) groups excluding carboxylic acids is 1. The van der Waals surface area contributed by atoms with Gasteiger partial charge in [0.1, 0.15) is 0 Å². The van der Waals surface area contributed by atoms with Crippen LogP contribution in [0.3, 0.4) is 0 Å². The maximum Gasteiger partial charge on any atom is 0.283 e. The molecule has 134 valence electrons. The first-order valence-electron chi connectivity index (χ1n) is 7.75. The van der Waals surface area contributed by atoms with Gasteiger partial charge >= 0.3 is 0 Å². The van der Waals surface area contributed by atoms with E-state index in [9.17, 15) is 14.9 Å². The van der Waals surface area contributed by atoms with Crippen molar-refractivity contribution in [3.05, 3.63) is 88.2 Å². The van der Waals surface area contributed by atoms with Crippen molar-refractivity contribution in [3.8, 4) is 0 Å². The summed E-state index contributed by atoms with van der Waals surface area (Å²) in [5.41, 5.74) is 3.24. The van der Waals surface area contributed by atoms with Crippen LogP contribution in [-0.2, 0) is 0 Å². The summed E-state index contributed by atoms with van der Waals surface area (Å²) >= 11 is 1.10. The first kappa shape index (κ1) is 18.2. The van der Waals surface area contributed by atoms with Crippen molar-refractivity contribution < 1.29 is 9.72 Å². The summed E-state index contributed by atoms with van der Waals surface area (Å²) in [5, 5.41) is 15.6. The number of hydrazone groups is 1. The molecule has 1 amide bonds. The van der Waals surface area contributed by atoms with Crippen LogP contribution in [-0.4, -0.2) is 27.0 Å². The number of nitrogens with zero attached hydrogens (tertiary/aromatic N) is 4. The highest BCUT2D eigenvalue weighted by Gasteiger charge is 2.16. The SMILES string of the molecule is O=C(N/N=C\c1ccc(Sc2ncccn2)c([N+](=O)[O-])c1)c1ccccc1. The Morgan fingerprint density at radius 3 is 2.56 bits per heavy atom. The van der Waals surface area contributed by atoms with Gasteiger partial charge in [-0.1, -0.05) is 24.3 Å². The standard InChI is InChI=1S/C18H13N5O3S/c24-17(14-5-2-1-3-6-14)22-21-12-13-7-8-16(15(11-13)23(25)26)27-18-19-9-4-10-20-18/h1-12H,(H,22,24)/b21-12-. The number of amides is 1. The van der Waals surface area contributed by atoms with Crippen molar-refractivity contribution in [2.45, 2.75) is 10.1 Å². The second-order valence-electron chi connectivity index (χ2n) is 5.18. The van der Waals surface area contributed by atoms with Gasteiger partial charge in [0, 0.05) is 29.6 Å². The molecule has 0 bridgehead atoms. The summed E-state index contributed by atoms with van der Waals surface area (Å²) in [6, 6.07) is 14.9. The van der Waals surface area contributed by atoms with E-state index in [0.29, 0.717) is 21.2 Å². The molecule has 0 saturated carbocycles. The molecule has 8 nitrogen and oxygen atoms in total. The summed E-state index contributed by atoms with van der Waals surface area (Å²) in [5.74, 6) is -0.366. The van der Waals surface area contributed by atoms with Crippen molar-refractivity contribution in [1.82, 2.24) is 15.4 Å². The molecule has 9 heteroatoms. The summed E-state index contributed by atoms with van der Waals surface area (Å²) in [7, 11) is 0. The molecule has 3 aromatic rings. The molecule has 0 radical (unpaired) electrons. The van der Waals surface area contributed by atoms with Crippen LogP contribution in [0.1, 0.15) is 15.9 Å². The van der Waals surface area contributed by atoms with E-state index in [4.69, 9.17) is 0 Å². The molecule has 27 heavy (non-hydrogen) atoms. The zero-order chi connectivity index (χ0) is 19.1. The number of benzene rings is 2. The lowest BCUT2D eigenvalue weighted by Crippen LogP contribution is -2.17. The number of carbonyl (C=O) groups is 1. The predicted molar refractivity (Wildman–Crippen MR) is 101 cm³/mol. The van der Waals surface area contributed by atoms with Gasteiger partial charge in [0.05, 0.1) is 16.0 Å². The van der Waals surface area contributed by atoms with Crippen LogP contribution in [0.5, 0.6) is 0 Å². The number of nitrogens with one attached hydrogen (secondary N) is 1. The summed E-state index contributed by atoms with van der Waals surface area (Å²) in [4.78, 5) is 31.3. The van der Waals surface area contributed by atoms with Gasteiger partial charge in [-0.05, 0) is 36.0 Å². The van der Waals surface area contributed by atoms with E-state index >= 15 is 0 Å². The largest absolute Gasteiger partial charge is 0.283 e. The predicted octanol–water partition coefficient (Wildman–Crippen LogP) is 3.30. The van der Waals surface area contributed by atoms with Gasteiger partial charge in [-0.3, -0.25) is 14.9 Å². The van der Waals surface area contributed by atoms with E-state index in [1.165, 1.54) is 12.3 Å². The molecule has 0 aliphatic carbocycles. The normalized spacial score (nSPS) is 10.7. The van der Waals surface area contributed by atoms with E-state index in [1.807, 2.05) is 0 Å². The lowest BCUT2D eigenvalue weighted by atomic mass is 10.2. The Morgan fingerprint density at radius 1 is 1.11 bits per heavy atom. The quantitative estimate of drug-likeness (QED) is 0.304. The lowest BCUT2D eigenvalue weighted by molar-refractivity contribution is -0.387. The van der Waals surface area contributed by atoms with Crippen LogP contribution in [0, 0.1) is 10.1 Å². The number of nitro benzene ring substituents is 1. The average molecular weight is 379 g/mol. The number of hydrogen-bond acceptors (Lipinski definition) is 7. The van der Waals surface area contributed by atoms with Gasteiger partial charge in [0.2, 0.25) is 0 Å². The highest BCUT2D eigenvalue weighted by atomic mass is 32.2. The molecule has 1 aromatic heterocycles. The molecule has 0 aliphatic rings. The van der Waals surface area contributed by atoms with Crippen molar-refractivity contribution in [1.29, 1.82) is 0 Å². The van der Waals surface area contributed by atoms with E-state index in [2.05, 4.69) is 20.5 Å². The third-order valence-corrected chi connectivity index (χ3v) is 4.30. The van der Waals surface area contributed by atoms with Crippen LogP contribution in [0.15, 0.2) is 82.1 Å². The Morgan fingerprint density at radius 2 is 1.85 bits per heavy atom. The Balaban J connectivity index is 1.74. The molecule has 0 spiro atoms. The maximum absolute atomic E-state index is 11.9. The van der Waals surface area contributed by atoms with Crippen LogP contribution in [0.2, 0.25) is 0 Å². The van der Waals surface area contributed by atoms with Crippen molar-refractivity contribution in [3.63, 3.8) is 0 Å². The van der Waals surface area contributed by atoms with E-state index < -0.39 is 4.92 Å². The fourth-order valence-electron chi connectivity index (χ4n) is 2.10. The van der Waals surface area contributed by atoms with Gasteiger partial charge in [-0.15, -0.1) is 0 Å². The second-order valence-corrected chi connectivity index (χ2v) is 6.19. The molecule has 1 heterocycles. The topological polar surface area (TPSA) is 110 Å². The molecule has 1 N–H and O–H groups in total. The summed E-state index contributed by atoms with van der Waals surface area (Å²) in [6.45, 7) is 0. The summed E-state index contributed by atoms with van der Waals surface area (Å²) < 4.78 is 0. The number of aromatic nitrogens is 2. The van der Waals surface area contributed by atoms with Gasteiger partial charge in [0.15, 0.2) is 5.16 Å². The highest BCUT2D eigenvalue weighted by Crippen LogP contribution is 2.33. The molecule has 3 rings (SSSR count). The molecule has 0 saturated heterocycles.